The highest BCUT2D eigenvalue weighted by Crippen LogP contribution is 2.36. The molecule has 1 aromatic rings. The van der Waals surface area contributed by atoms with Crippen molar-refractivity contribution in [1.29, 1.82) is 0 Å². The minimum absolute atomic E-state index is 0.136. The maximum atomic E-state index is 6.33. The first-order chi connectivity index (χ1) is 10.0. The van der Waals surface area contributed by atoms with Crippen molar-refractivity contribution < 1.29 is 4.74 Å². The molecule has 0 radical (unpaired) electrons. The van der Waals surface area contributed by atoms with Gasteiger partial charge in [0.25, 0.3) is 0 Å². The summed E-state index contributed by atoms with van der Waals surface area (Å²) in [5.74, 6) is 3.14. The molecule has 1 aliphatic carbocycles. The number of rotatable bonds is 5. The summed E-state index contributed by atoms with van der Waals surface area (Å²) in [7, 11) is 0. The molecule has 118 valence electrons. The number of hydrogen-bond donors (Lipinski definition) is 1. The van der Waals surface area contributed by atoms with E-state index in [0.29, 0.717) is 17.9 Å². The Kier molecular flexibility index (Phi) is 5.69. The van der Waals surface area contributed by atoms with E-state index >= 15 is 0 Å². The summed E-state index contributed by atoms with van der Waals surface area (Å²) in [4.78, 5) is 0. The first kappa shape index (κ1) is 16.4. The SMILES string of the molecule is CCC(N)c1ccc(OC2CC(C)CCC2C(C)C)cc1. The van der Waals surface area contributed by atoms with Gasteiger partial charge in [-0.3, -0.25) is 0 Å². The number of ether oxygens (including phenoxy) is 1. The molecule has 0 aromatic heterocycles. The lowest BCUT2D eigenvalue weighted by atomic mass is 9.75. The van der Waals surface area contributed by atoms with E-state index in [-0.39, 0.29) is 6.04 Å². The Bertz CT molecular complexity index is 426. The largest absolute Gasteiger partial charge is 0.490 e. The molecule has 0 bridgehead atoms. The summed E-state index contributed by atoms with van der Waals surface area (Å²) in [6.45, 7) is 9.10. The maximum Gasteiger partial charge on any atom is 0.119 e. The smallest absolute Gasteiger partial charge is 0.119 e. The molecular formula is C19H31NO. The van der Waals surface area contributed by atoms with Crippen LogP contribution in [0.1, 0.15) is 65.0 Å². The van der Waals surface area contributed by atoms with Gasteiger partial charge in [-0.15, -0.1) is 0 Å². The molecule has 1 aromatic carbocycles. The van der Waals surface area contributed by atoms with Crippen LogP contribution in [-0.4, -0.2) is 6.10 Å². The molecular weight excluding hydrogens is 258 g/mol. The first-order valence-corrected chi connectivity index (χ1v) is 8.53. The van der Waals surface area contributed by atoms with Crippen molar-refractivity contribution in [1.82, 2.24) is 0 Å². The zero-order valence-electron chi connectivity index (χ0n) is 14.0. The van der Waals surface area contributed by atoms with Crippen molar-refractivity contribution in [2.45, 2.75) is 65.5 Å². The molecule has 0 spiro atoms. The van der Waals surface area contributed by atoms with Crippen molar-refractivity contribution >= 4 is 0 Å². The van der Waals surface area contributed by atoms with Crippen LogP contribution in [0, 0.1) is 17.8 Å². The van der Waals surface area contributed by atoms with Crippen molar-refractivity contribution in [3.8, 4) is 5.75 Å². The van der Waals surface area contributed by atoms with E-state index in [1.165, 1.54) is 24.8 Å². The summed E-state index contributed by atoms with van der Waals surface area (Å²) in [6.07, 6.45) is 5.14. The molecule has 2 N–H and O–H groups in total. The molecule has 0 heterocycles. The van der Waals surface area contributed by atoms with Crippen LogP contribution in [-0.2, 0) is 0 Å². The fraction of sp³-hybridized carbons (Fsp3) is 0.684. The third-order valence-electron chi connectivity index (χ3n) is 5.00. The minimum atomic E-state index is 0.136. The number of hydrogen-bond acceptors (Lipinski definition) is 2. The van der Waals surface area contributed by atoms with E-state index in [1.807, 2.05) is 0 Å². The van der Waals surface area contributed by atoms with Crippen LogP contribution in [0.2, 0.25) is 0 Å². The third-order valence-corrected chi connectivity index (χ3v) is 5.00. The van der Waals surface area contributed by atoms with Crippen LogP contribution >= 0.6 is 0 Å². The van der Waals surface area contributed by atoms with Crippen LogP contribution in [0.5, 0.6) is 5.75 Å². The third kappa shape index (κ3) is 4.23. The van der Waals surface area contributed by atoms with Gasteiger partial charge in [0.15, 0.2) is 0 Å². The molecule has 4 unspecified atom stereocenters. The molecule has 21 heavy (non-hydrogen) atoms. The Morgan fingerprint density at radius 1 is 1.19 bits per heavy atom. The van der Waals surface area contributed by atoms with E-state index in [1.54, 1.807) is 0 Å². The zero-order valence-corrected chi connectivity index (χ0v) is 14.0. The quantitative estimate of drug-likeness (QED) is 0.833. The fourth-order valence-corrected chi connectivity index (χ4v) is 3.45. The summed E-state index contributed by atoms with van der Waals surface area (Å²) in [6, 6.07) is 8.53. The zero-order chi connectivity index (χ0) is 15.4. The lowest BCUT2D eigenvalue weighted by Gasteiger charge is -2.37. The highest BCUT2D eigenvalue weighted by atomic mass is 16.5. The van der Waals surface area contributed by atoms with Crippen LogP contribution < -0.4 is 10.5 Å². The van der Waals surface area contributed by atoms with Crippen molar-refractivity contribution in [2.24, 2.45) is 23.5 Å². The van der Waals surface area contributed by atoms with Gasteiger partial charge in [0.2, 0.25) is 0 Å². The van der Waals surface area contributed by atoms with E-state index in [9.17, 15) is 0 Å². The monoisotopic (exact) mass is 289 g/mol. The lowest BCUT2D eigenvalue weighted by Crippen LogP contribution is -2.36. The topological polar surface area (TPSA) is 35.2 Å². The molecule has 0 amide bonds. The van der Waals surface area contributed by atoms with Gasteiger partial charge >= 0.3 is 0 Å². The highest BCUT2D eigenvalue weighted by Gasteiger charge is 2.32. The summed E-state index contributed by atoms with van der Waals surface area (Å²) < 4.78 is 6.33. The molecule has 1 aliphatic rings. The van der Waals surface area contributed by atoms with E-state index < -0.39 is 0 Å². The van der Waals surface area contributed by atoms with Gasteiger partial charge in [-0.2, -0.15) is 0 Å². The van der Waals surface area contributed by atoms with Crippen LogP contribution in [0.15, 0.2) is 24.3 Å². The molecule has 2 rings (SSSR count). The predicted molar refractivity (Wildman–Crippen MR) is 89.4 cm³/mol. The van der Waals surface area contributed by atoms with Gasteiger partial charge in [0.05, 0.1) is 0 Å². The van der Waals surface area contributed by atoms with Gasteiger partial charge in [-0.1, -0.05) is 46.2 Å². The second-order valence-electron chi connectivity index (χ2n) is 7.07. The van der Waals surface area contributed by atoms with Gasteiger partial charge < -0.3 is 10.5 Å². The minimum Gasteiger partial charge on any atom is -0.490 e. The summed E-state index contributed by atoms with van der Waals surface area (Å²) in [5, 5.41) is 0. The average molecular weight is 289 g/mol. The average Bonchev–Trinajstić information content (AvgIpc) is 2.47. The Morgan fingerprint density at radius 3 is 2.43 bits per heavy atom. The van der Waals surface area contributed by atoms with Crippen molar-refractivity contribution in [3.05, 3.63) is 29.8 Å². The number of benzene rings is 1. The summed E-state index contributed by atoms with van der Waals surface area (Å²) in [5.41, 5.74) is 7.26. The van der Waals surface area contributed by atoms with Gasteiger partial charge in [-0.05, 0) is 54.7 Å². The van der Waals surface area contributed by atoms with Crippen LogP contribution in [0.25, 0.3) is 0 Å². The second kappa shape index (κ2) is 7.31. The number of nitrogens with two attached hydrogens (primary N) is 1. The normalized spacial score (nSPS) is 27.6. The predicted octanol–water partition coefficient (Wildman–Crippen LogP) is 4.94. The maximum absolute atomic E-state index is 6.33. The fourth-order valence-electron chi connectivity index (χ4n) is 3.45. The van der Waals surface area contributed by atoms with E-state index in [0.717, 1.165) is 18.1 Å². The van der Waals surface area contributed by atoms with Gasteiger partial charge in [0.1, 0.15) is 11.9 Å². The standard InChI is InChI=1S/C19H31NO/c1-5-18(20)15-7-9-16(10-8-15)21-19-12-14(4)6-11-17(19)13(2)3/h7-10,13-14,17-19H,5-6,11-12,20H2,1-4H3. The molecule has 0 saturated heterocycles. The van der Waals surface area contributed by atoms with Crippen LogP contribution in [0.4, 0.5) is 0 Å². The van der Waals surface area contributed by atoms with Gasteiger partial charge in [-0.25, -0.2) is 0 Å². The molecule has 4 atom stereocenters. The Morgan fingerprint density at radius 2 is 1.86 bits per heavy atom. The second-order valence-corrected chi connectivity index (χ2v) is 7.07. The molecule has 2 nitrogen and oxygen atoms in total. The Labute approximate surface area is 130 Å². The molecule has 1 saturated carbocycles. The summed E-state index contributed by atoms with van der Waals surface area (Å²) >= 11 is 0. The molecule has 1 fully saturated rings. The van der Waals surface area contributed by atoms with Gasteiger partial charge in [0, 0.05) is 6.04 Å². The Hall–Kier alpha value is -1.02. The Balaban J connectivity index is 2.04. The molecule has 0 aliphatic heterocycles. The van der Waals surface area contributed by atoms with E-state index in [2.05, 4.69) is 52.0 Å². The molecule has 2 heteroatoms. The lowest BCUT2D eigenvalue weighted by molar-refractivity contribution is 0.0460. The highest BCUT2D eigenvalue weighted by molar-refractivity contribution is 5.29. The van der Waals surface area contributed by atoms with Crippen LogP contribution in [0.3, 0.4) is 0 Å². The first-order valence-electron chi connectivity index (χ1n) is 8.53. The van der Waals surface area contributed by atoms with E-state index in [4.69, 9.17) is 10.5 Å². The van der Waals surface area contributed by atoms with Crippen molar-refractivity contribution in [3.63, 3.8) is 0 Å². The van der Waals surface area contributed by atoms with Crippen molar-refractivity contribution in [2.75, 3.05) is 0 Å².